The highest BCUT2D eigenvalue weighted by Crippen LogP contribution is 2.40. The zero-order valence-electron chi connectivity index (χ0n) is 12.7. The molecule has 0 radical (unpaired) electrons. The third-order valence-electron chi connectivity index (χ3n) is 3.85. The number of halogens is 2. The number of aryl methyl sites for hydroxylation is 1. The predicted molar refractivity (Wildman–Crippen MR) is 95.8 cm³/mol. The number of hydrogen-bond acceptors (Lipinski definition) is 4. The summed E-state index contributed by atoms with van der Waals surface area (Å²) in [5.74, 6) is -0.775. The van der Waals surface area contributed by atoms with Crippen molar-refractivity contribution in [2.24, 2.45) is 5.73 Å². The summed E-state index contributed by atoms with van der Waals surface area (Å²) in [5.41, 5.74) is 7.03. The van der Waals surface area contributed by atoms with Crippen molar-refractivity contribution in [3.8, 4) is 5.75 Å². The number of thiophene rings is 1. The summed E-state index contributed by atoms with van der Waals surface area (Å²) in [6.45, 7) is 0. The number of nitrogens with one attached hydrogen (secondary N) is 1. The lowest BCUT2D eigenvalue weighted by Gasteiger charge is -2.11. The van der Waals surface area contributed by atoms with Gasteiger partial charge in [0.05, 0.1) is 23.3 Å². The molecule has 0 saturated carbocycles. The molecule has 0 fully saturated rings. The minimum atomic E-state index is -0.541. The number of benzene rings is 1. The average molecular weight is 385 g/mol. The summed E-state index contributed by atoms with van der Waals surface area (Å²) in [5, 5.41) is 3.75. The third kappa shape index (κ3) is 2.97. The first-order chi connectivity index (χ1) is 11.4. The highest BCUT2D eigenvalue weighted by molar-refractivity contribution is 7.17. The first-order valence-corrected chi connectivity index (χ1v) is 8.78. The zero-order valence-corrected chi connectivity index (χ0v) is 15.1. The molecule has 0 bridgehead atoms. The van der Waals surface area contributed by atoms with Gasteiger partial charge in [0.2, 0.25) is 0 Å². The highest BCUT2D eigenvalue weighted by Gasteiger charge is 2.27. The maximum absolute atomic E-state index is 12.6. The van der Waals surface area contributed by atoms with Gasteiger partial charge in [-0.15, -0.1) is 11.3 Å². The van der Waals surface area contributed by atoms with Gasteiger partial charge in [-0.2, -0.15) is 0 Å². The molecule has 3 rings (SSSR count). The monoisotopic (exact) mass is 384 g/mol. The summed E-state index contributed by atoms with van der Waals surface area (Å²) in [7, 11) is 1.42. The molecule has 1 aliphatic carbocycles. The number of carbonyl (C=O) groups excluding carboxylic acids is 2. The SMILES string of the molecule is COc1c(Cl)cc(Cl)cc1C(=O)Nc1sc2c(c1C(N)=O)CCC2. The fourth-order valence-electron chi connectivity index (χ4n) is 2.86. The van der Waals surface area contributed by atoms with Gasteiger partial charge < -0.3 is 15.8 Å². The van der Waals surface area contributed by atoms with Crippen molar-refractivity contribution in [3.63, 3.8) is 0 Å². The molecule has 5 nitrogen and oxygen atoms in total. The molecule has 0 unspecified atom stereocenters. The fourth-order valence-corrected chi connectivity index (χ4v) is 4.72. The van der Waals surface area contributed by atoms with Gasteiger partial charge in [0, 0.05) is 9.90 Å². The van der Waals surface area contributed by atoms with Gasteiger partial charge in [-0.3, -0.25) is 9.59 Å². The second kappa shape index (κ2) is 6.63. The van der Waals surface area contributed by atoms with E-state index in [2.05, 4.69) is 5.32 Å². The summed E-state index contributed by atoms with van der Waals surface area (Å²) >= 11 is 13.4. The zero-order chi connectivity index (χ0) is 17.4. The van der Waals surface area contributed by atoms with Crippen LogP contribution in [0.25, 0.3) is 0 Å². The van der Waals surface area contributed by atoms with Crippen molar-refractivity contribution in [1.29, 1.82) is 0 Å². The van der Waals surface area contributed by atoms with Crippen LogP contribution >= 0.6 is 34.5 Å². The molecule has 1 aliphatic rings. The quantitative estimate of drug-likeness (QED) is 0.838. The number of primary amides is 1. The average Bonchev–Trinajstić information content (AvgIpc) is 3.06. The molecular weight excluding hydrogens is 371 g/mol. The number of methoxy groups -OCH3 is 1. The van der Waals surface area contributed by atoms with E-state index in [0.29, 0.717) is 15.6 Å². The number of hydrogen-bond donors (Lipinski definition) is 2. The molecule has 8 heteroatoms. The van der Waals surface area contributed by atoms with Crippen LogP contribution in [-0.4, -0.2) is 18.9 Å². The van der Waals surface area contributed by atoms with E-state index in [-0.39, 0.29) is 16.3 Å². The van der Waals surface area contributed by atoms with E-state index in [1.54, 1.807) is 0 Å². The lowest BCUT2D eigenvalue weighted by Crippen LogP contribution is -2.18. The van der Waals surface area contributed by atoms with Crippen molar-refractivity contribution in [2.45, 2.75) is 19.3 Å². The predicted octanol–water partition coefficient (Wildman–Crippen LogP) is 3.90. The lowest BCUT2D eigenvalue weighted by atomic mass is 10.1. The largest absolute Gasteiger partial charge is 0.494 e. The lowest BCUT2D eigenvalue weighted by molar-refractivity contribution is 0.100. The van der Waals surface area contributed by atoms with E-state index in [9.17, 15) is 9.59 Å². The van der Waals surface area contributed by atoms with Crippen LogP contribution in [0.3, 0.4) is 0 Å². The Morgan fingerprint density at radius 2 is 2.04 bits per heavy atom. The number of nitrogens with two attached hydrogens (primary N) is 1. The first-order valence-electron chi connectivity index (χ1n) is 7.21. The molecule has 0 saturated heterocycles. The molecule has 2 aromatic rings. The number of anilines is 1. The second-order valence-corrected chi connectivity index (χ2v) is 7.30. The Labute approximate surface area is 152 Å². The standard InChI is InChI=1S/C16H14Cl2N2O3S/c1-23-13-9(5-7(17)6-10(13)18)15(22)20-16-12(14(19)21)8-3-2-4-11(8)24-16/h5-6H,2-4H2,1H3,(H2,19,21)(H,20,22). The molecule has 24 heavy (non-hydrogen) atoms. The minimum Gasteiger partial charge on any atom is -0.494 e. The van der Waals surface area contributed by atoms with Gasteiger partial charge in [0.1, 0.15) is 10.8 Å². The van der Waals surface area contributed by atoms with Gasteiger partial charge >= 0.3 is 0 Å². The molecule has 0 spiro atoms. The molecule has 2 amide bonds. The maximum Gasteiger partial charge on any atom is 0.260 e. The van der Waals surface area contributed by atoms with E-state index in [4.69, 9.17) is 33.7 Å². The van der Waals surface area contributed by atoms with Crippen molar-refractivity contribution in [1.82, 2.24) is 0 Å². The van der Waals surface area contributed by atoms with Gasteiger partial charge in [-0.1, -0.05) is 23.2 Å². The van der Waals surface area contributed by atoms with E-state index in [1.165, 1.54) is 30.6 Å². The van der Waals surface area contributed by atoms with Gasteiger partial charge in [0.15, 0.2) is 0 Å². The molecular formula is C16H14Cl2N2O3S. The summed E-state index contributed by atoms with van der Waals surface area (Å²) in [4.78, 5) is 25.5. The van der Waals surface area contributed by atoms with Crippen LogP contribution in [0.1, 0.15) is 37.6 Å². The van der Waals surface area contributed by atoms with Gasteiger partial charge in [-0.25, -0.2) is 0 Å². The molecule has 1 aromatic heterocycles. The Bertz CT molecular complexity index is 848. The van der Waals surface area contributed by atoms with E-state index in [0.717, 1.165) is 29.7 Å². The second-order valence-electron chi connectivity index (χ2n) is 5.35. The smallest absolute Gasteiger partial charge is 0.260 e. The molecule has 0 atom stereocenters. The van der Waals surface area contributed by atoms with Crippen LogP contribution < -0.4 is 15.8 Å². The van der Waals surface area contributed by atoms with Gasteiger partial charge in [0.25, 0.3) is 11.8 Å². The van der Waals surface area contributed by atoms with E-state index < -0.39 is 11.8 Å². The van der Waals surface area contributed by atoms with Crippen molar-refractivity contribution in [2.75, 3.05) is 12.4 Å². The van der Waals surface area contributed by atoms with Crippen LogP contribution in [0, 0.1) is 0 Å². The summed E-state index contributed by atoms with van der Waals surface area (Å²) in [6, 6.07) is 2.96. The third-order valence-corrected chi connectivity index (χ3v) is 5.56. The Morgan fingerprint density at radius 1 is 1.29 bits per heavy atom. The van der Waals surface area contributed by atoms with Crippen LogP contribution in [0.5, 0.6) is 5.75 Å². The fraction of sp³-hybridized carbons (Fsp3) is 0.250. The molecule has 0 aliphatic heterocycles. The van der Waals surface area contributed by atoms with E-state index in [1.807, 2.05) is 0 Å². The number of rotatable bonds is 4. The Morgan fingerprint density at radius 3 is 2.71 bits per heavy atom. The molecule has 1 aromatic carbocycles. The van der Waals surface area contributed by atoms with Crippen LogP contribution in [0.15, 0.2) is 12.1 Å². The molecule has 1 heterocycles. The summed E-state index contributed by atoms with van der Waals surface area (Å²) in [6.07, 6.45) is 2.68. The topological polar surface area (TPSA) is 81.4 Å². The van der Waals surface area contributed by atoms with Crippen LogP contribution in [0.4, 0.5) is 5.00 Å². The number of ether oxygens (including phenoxy) is 1. The van der Waals surface area contributed by atoms with Crippen molar-refractivity contribution < 1.29 is 14.3 Å². The van der Waals surface area contributed by atoms with Crippen LogP contribution in [0.2, 0.25) is 10.0 Å². The number of amides is 2. The van der Waals surface area contributed by atoms with E-state index >= 15 is 0 Å². The minimum absolute atomic E-state index is 0.193. The normalized spacial score (nSPS) is 12.8. The van der Waals surface area contributed by atoms with Crippen molar-refractivity contribution >= 4 is 51.4 Å². The molecule has 3 N–H and O–H groups in total. The molecule has 126 valence electrons. The Kier molecular flexibility index (Phi) is 4.71. The van der Waals surface area contributed by atoms with Crippen LogP contribution in [-0.2, 0) is 12.8 Å². The van der Waals surface area contributed by atoms with Crippen molar-refractivity contribution in [3.05, 3.63) is 43.7 Å². The number of carbonyl (C=O) groups is 2. The highest BCUT2D eigenvalue weighted by atomic mass is 35.5. The maximum atomic E-state index is 12.6. The summed E-state index contributed by atoms with van der Waals surface area (Å²) < 4.78 is 5.19. The first kappa shape index (κ1) is 17.1. The Hall–Kier alpha value is -1.76. The van der Waals surface area contributed by atoms with Gasteiger partial charge in [-0.05, 0) is 37.0 Å². The Balaban J connectivity index is 1.99. The number of fused-ring (bicyclic) bond motifs is 1.